The lowest BCUT2D eigenvalue weighted by atomic mass is 10.2. The van der Waals surface area contributed by atoms with Crippen molar-refractivity contribution in [1.29, 1.82) is 0 Å². The highest BCUT2D eigenvalue weighted by Crippen LogP contribution is 2.20. The molecule has 0 saturated carbocycles. The molecule has 82 valence electrons. The summed E-state index contributed by atoms with van der Waals surface area (Å²) in [4.78, 5) is 15.3. The van der Waals surface area contributed by atoms with E-state index in [0.29, 0.717) is 27.7 Å². The molecule has 0 aliphatic rings. The third-order valence-electron chi connectivity index (χ3n) is 1.58. The van der Waals surface area contributed by atoms with Crippen molar-refractivity contribution in [2.24, 2.45) is 5.92 Å². The summed E-state index contributed by atoms with van der Waals surface area (Å²) in [7, 11) is 0. The Morgan fingerprint density at radius 3 is 2.87 bits per heavy atom. The fraction of sp³-hybridized carbons (Fsp3) is 0.400. The van der Waals surface area contributed by atoms with Gasteiger partial charge in [0.25, 0.3) is 0 Å². The molecule has 15 heavy (non-hydrogen) atoms. The number of carbonyl (C=O) groups is 1. The van der Waals surface area contributed by atoms with Crippen molar-refractivity contribution in [1.82, 2.24) is 4.98 Å². The Labute approximate surface area is 102 Å². The van der Waals surface area contributed by atoms with Gasteiger partial charge in [-0.25, -0.2) is 9.78 Å². The Bertz CT molecular complexity index is 368. The summed E-state index contributed by atoms with van der Waals surface area (Å²) in [5.41, 5.74) is 0.395. The lowest BCUT2D eigenvalue weighted by Gasteiger charge is -2.07. The normalized spacial score (nSPS) is 10.5. The van der Waals surface area contributed by atoms with Crippen molar-refractivity contribution in [3.05, 3.63) is 27.5 Å². The number of rotatable bonds is 3. The fourth-order valence-corrected chi connectivity index (χ4v) is 1.31. The van der Waals surface area contributed by atoms with Crippen molar-refractivity contribution < 1.29 is 9.53 Å². The van der Waals surface area contributed by atoms with Gasteiger partial charge in [-0.2, -0.15) is 0 Å². The Morgan fingerprint density at radius 1 is 1.67 bits per heavy atom. The van der Waals surface area contributed by atoms with Crippen LogP contribution in [0.5, 0.6) is 0 Å². The minimum absolute atomic E-state index is 0.317. The van der Waals surface area contributed by atoms with Crippen LogP contribution < -0.4 is 0 Å². The average Bonchev–Trinajstić information content (AvgIpc) is 2.18. The van der Waals surface area contributed by atoms with Crippen molar-refractivity contribution in [3.63, 3.8) is 0 Å². The molecule has 0 N–H and O–H groups in total. The molecule has 0 atom stereocenters. The highest BCUT2D eigenvalue weighted by molar-refractivity contribution is 9.10. The summed E-state index contributed by atoms with van der Waals surface area (Å²) in [5.74, 6) is -0.0637. The molecule has 3 nitrogen and oxygen atoms in total. The predicted octanol–water partition coefficient (Wildman–Crippen LogP) is 3.31. The van der Waals surface area contributed by atoms with Crippen LogP contribution in [0.15, 0.2) is 16.7 Å². The van der Waals surface area contributed by atoms with E-state index < -0.39 is 0 Å². The summed E-state index contributed by atoms with van der Waals surface area (Å²) in [5, 5.41) is 0.329. The molecule has 0 spiro atoms. The number of ether oxygens (including phenoxy) is 1. The van der Waals surface area contributed by atoms with Gasteiger partial charge in [-0.1, -0.05) is 25.4 Å². The van der Waals surface area contributed by atoms with Crippen molar-refractivity contribution >= 4 is 33.5 Å². The molecule has 0 saturated heterocycles. The van der Waals surface area contributed by atoms with Crippen LogP contribution in [-0.4, -0.2) is 17.6 Å². The minimum atomic E-state index is -0.381. The van der Waals surface area contributed by atoms with E-state index in [1.807, 2.05) is 13.8 Å². The maximum Gasteiger partial charge on any atom is 0.339 e. The highest BCUT2D eigenvalue weighted by atomic mass is 79.9. The lowest BCUT2D eigenvalue weighted by molar-refractivity contribution is 0.0458. The van der Waals surface area contributed by atoms with Crippen LogP contribution in [0.25, 0.3) is 0 Å². The smallest absolute Gasteiger partial charge is 0.339 e. The summed E-state index contributed by atoms with van der Waals surface area (Å²) in [6, 6.07) is 1.60. The zero-order valence-electron chi connectivity index (χ0n) is 8.46. The zero-order chi connectivity index (χ0) is 11.4. The monoisotopic (exact) mass is 291 g/mol. The van der Waals surface area contributed by atoms with E-state index in [9.17, 15) is 4.79 Å². The van der Waals surface area contributed by atoms with Crippen LogP contribution in [0, 0.1) is 5.92 Å². The fourth-order valence-electron chi connectivity index (χ4n) is 0.859. The van der Waals surface area contributed by atoms with Crippen LogP contribution in [-0.2, 0) is 4.74 Å². The topological polar surface area (TPSA) is 39.2 Å². The quantitative estimate of drug-likeness (QED) is 0.634. The number of hydrogen-bond donors (Lipinski definition) is 0. The van der Waals surface area contributed by atoms with Gasteiger partial charge in [-0.05, 0) is 27.9 Å². The number of carbonyl (C=O) groups excluding carboxylic acids is 1. The van der Waals surface area contributed by atoms with Gasteiger partial charge in [0.15, 0.2) is 0 Å². The van der Waals surface area contributed by atoms with E-state index in [4.69, 9.17) is 16.3 Å². The summed E-state index contributed by atoms with van der Waals surface area (Å²) >= 11 is 8.89. The Morgan fingerprint density at radius 2 is 2.33 bits per heavy atom. The van der Waals surface area contributed by atoms with E-state index >= 15 is 0 Å². The van der Waals surface area contributed by atoms with Crippen LogP contribution in [0.2, 0.25) is 5.15 Å². The van der Waals surface area contributed by atoms with Crippen molar-refractivity contribution in [2.75, 3.05) is 6.61 Å². The summed E-state index contributed by atoms with van der Waals surface area (Å²) in [6.45, 7) is 4.35. The average molecular weight is 293 g/mol. The predicted molar refractivity (Wildman–Crippen MR) is 62.1 cm³/mol. The maximum absolute atomic E-state index is 11.5. The first-order chi connectivity index (χ1) is 7.00. The Kier molecular flexibility index (Phi) is 4.54. The Balaban J connectivity index is 2.70. The van der Waals surface area contributed by atoms with Gasteiger partial charge in [-0.3, -0.25) is 0 Å². The first-order valence-corrected chi connectivity index (χ1v) is 5.66. The van der Waals surface area contributed by atoms with Gasteiger partial charge in [0.2, 0.25) is 0 Å². The molecule has 0 amide bonds. The first kappa shape index (κ1) is 12.5. The van der Waals surface area contributed by atoms with Crippen molar-refractivity contribution in [2.45, 2.75) is 13.8 Å². The van der Waals surface area contributed by atoms with E-state index in [2.05, 4.69) is 20.9 Å². The van der Waals surface area contributed by atoms with E-state index in [0.717, 1.165) is 0 Å². The highest BCUT2D eigenvalue weighted by Gasteiger charge is 2.10. The van der Waals surface area contributed by atoms with Gasteiger partial charge in [0.05, 0.1) is 16.6 Å². The van der Waals surface area contributed by atoms with Crippen LogP contribution in [0.4, 0.5) is 0 Å². The second-order valence-corrected chi connectivity index (χ2v) is 4.70. The molecular formula is C10H11BrClNO2. The van der Waals surface area contributed by atoms with Gasteiger partial charge in [-0.15, -0.1) is 0 Å². The number of esters is 1. The van der Waals surface area contributed by atoms with Gasteiger partial charge >= 0.3 is 5.97 Å². The van der Waals surface area contributed by atoms with Gasteiger partial charge < -0.3 is 4.74 Å². The first-order valence-electron chi connectivity index (χ1n) is 4.49. The molecule has 0 aromatic carbocycles. The standard InChI is InChI=1S/C10H11BrClNO2/c1-6(2)5-15-10(14)7-3-8(11)9(12)13-4-7/h3-4,6H,5H2,1-2H3. The van der Waals surface area contributed by atoms with Crippen LogP contribution in [0.3, 0.4) is 0 Å². The maximum atomic E-state index is 11.5. The van der Waals surface area contributed by atoms with Crippen molar-refractivity contribution in [3.8, 4) is 0 Å². The number of hydrogen-bond acceptors (Lipinski definition) is 3. The van der Waals surface area contributed by atoms with Gasteiger partial charge in [0.1, 0.15) is 5.15 Å². The summed E-state index contributed by atoms with van der Waals surface area (Å²) in [6.07, 6.45) is 1.40. The second kappa shape index (κ2) is 5.47. The lowest BCUT2D eigenvalue weighted by Crippen LogP contribution is -2.10. The number of halogens is 2. The second-order valence-electron chi connectivity index (χ2n) is 3.49. The SMILES string of the molecule is CC(C)COC(=O)c1cnc(Cl)c(Br)c1. The van der Waals surface area contributed by atoms with E-state index in [-0.39, 0.29) is 5.97 Å². The molecular weight excluding hydrogens is 281 g/mol. The molecule has 0 aliphatic carbocycles. The van der Waals surface area contributed by atoms with Gasteiger partial charge in [0, 0.05) is 6.20 Å². The molecule has 5 heteroatoms. The molecule has 0 radical (unpaired) electrons. The number of aromatic nitrogens is 1. The molecule has 0 aliphatic heterocycles. The molecule has 0 fully saturated rings. The Hall–Kier alpha value is -0.610. The third kappa shape index (κ3) is 3.80. The third-order valence-corrected chi connectivity index (χ3v) is 2.71. The van der Waals surface area contributed by atoms with Crippen LogP contribution >= 0.6 is 27.5 Å². The molecule has 1 rings (SSSR count). The van der Waals surface area contributed by atoms with E-state index in [1.54, 1.807) is 6.07 Å². The largest absolute Gasteiger partial charge is 0.462 e. The molecule has 1 aromatic rings. The molecule has 1 heterocycles. The zero-order valence-corrected chi connectivity index (χ0v) is 10.8. The molecule has 0 bridgehead atoms. The minimum Gasteiger partial charge on any atom is -0.462 e. The van der Waals surface area contributed by atoms with E-state index in [1.165, 1.54) is 6.20 Å². The number of nitrogens with zero attached hydrogens (tertiary/aromatic N) is 1. The summed E-state index contributed by atoms with van der Waals surface area (Å²) < 4.78 is 5.63. The van der Waals surface area contributed by atoms with Crippen LogP contribution in [0.1, 0.15) is 24.2 Å². The number of pyridine rings is 1. The molecule has 0 unspecified atom stereocenters. The molecule has 1 aromatic heterocycles.